The molecular weight excluding hydrogens is 280 g/mol. The van der Waals surface area contributed by atoms with E-state index >= 15 is 0 Å². The average Bonchev–Trinajstić information content (AvgIpc) is 3.10. The van der Waals surface area contributed by atoms with Gasteiger partial charge in [-0.1, -0.05) is 0 Å². The fraction of sp³-hybridized carbons (Fsp3) is 0.600. The Morgan fingerprint density at radius 3 is 2.91 bits per heavy atom. The van der Waals surface area contributed by atoms with E-state index in [2.05, 4.69) is 28.2 Å². The van der Waals surface area contributed by atoms with E-state index in [1.54, 1.807) is 11.0 Å². The number of piperidine rings is 1. The van der Waals surface area contributed by atoms with Gasteiger partial charge in [0, 0.05) is 12.2 Å². The van der Waals surface area contributed by atoms with E-state index in [9.17, 15) is 4.79 Å². The van der Waals surface area contributed by atoms with Gasteiger partial charge in [-0.15, -0.1) is 0 Å². The SMILES string of the molecule is Cc1cc(C)n(C[C@@H]2CCCCN2C(=O)Cn2cncn2)n1. The van der Waals surface area contributed by atoms with Gasteiger partial charge in [0.1, 0.15) is 19.2 Å². The summed E-state index contributed by atoms with van der Waals surface area (Å²) in [5.41, 5.74) is 2.17. The Hall–Kier alpha value is -2.18. The molecule has 0 saturated carbocycles. The van der Waals surface area contributed by atoms with Gasteiger partial charge in [0.25, 0.3) is 0 Å². The number of aromatic nitrogens is 5. The number of likely N-dealkylation sites (tertiary alicyclic amines) is 1. The maximum absolute atomic E-state index is 12.6. The second-order valence-electron chi connectivity index (χ2n) is 5.94. The predicted molar refractivity (Wildman–Crippen MR) is 81.1 cm³/mol. The lowest BCUT2D eigenvalue weighted by atomic mass is 10.0. The first-order valence-corrected chi connectivity index (χ1v) is 7.76. The van der Waals surface area contributed by atoms with Crippen LogP contribution >= 0.6 is 0 Å². The molecule has 1 amide bonds. The van der Waals surface area contributed by atoms with Crippen molar-refractivity contribution in [2.24, 2.45) is 0 Å². The van der Waals surface area contributed by atoms with E-state index < -0.39 is 0 Å². The van der Waals surface area contributed by atoms with E-state index in [1.807, 2.05) is 16.5 Å². The standard InChI is InChI=1S/C15H22N6O/c1-12-7-13(2)21(18-12)8-14-5-3-4-6-20(14)15(22)9-19-11-16-10-17-19/h7,10-11,14H,3-6,8-9H2,1-2H3/t14-/m0/s1. The molecule has 1 saturated heterocycles. The second kappa shape index (κ2) is 6.29. The van der Waals surface area contributed by atoms with E-state index in [1.165, 1.54) is 6.33 Å². The Bertz CT molecular complexity index is 633. The lowest BCUT2D eigenvalue weighted by Crippen LogP contribution is -2.47. The van der Waals surface area contributed by atoms with Gasteiger partial charge in [-0.3, -0.25) is 9.48 Å². The Morgan fingerprint density at radius 2 is 2.23 bits per heavy atom. The van der Waals surface area contributed by atoms with Crippen molar-refractivity contribution in [3.05, 3.63) is 30.1 Å². The second-order valence-corrected chi connectivity index (χ2v) is 5.94. The van der Waals surface area contributed by atoms with Crippen LogP contribution in [0.4, 0.5) is 0 Å². The maximum Gasteiger partial charge on any atom is 0.244 e. The van der Waals surface area contributed by atoms with Crippen molar-refractivity contribution in [2.75, 3.05) is 6.54 Å². The molecule has 0 spiro atoms. The van der Waals surface area contributed by atoms with E-state index in [0.717, 1.165) is 43.7 Å². The molecule has 0 unspecified atom stereocenters. The minimum Gasteiger partial charge on any atom is -0.336 e. The van der Waals surface area contributed by atoms with Crippen LogP contribution in [0.5, 0.6) is 0 Å². The molecule has 0 N–H and O–H groups in total. The number of carbonyl (C=O) groups excluding carboxylic acids is 1. The van der Waals surface area contributed by atoms with Crippen molar-refractivity contribution in [2.45, 2.75) is 52.2 Å². The molecule has 0 radical (unpaired) electrons. The molecular formula is C15H22N6O. The van der Waals surface area contributed by atoms with Gasteiger partial charge in [-0.05, 0) is 39.2 Å². The summed E-state index contributed by atoms with van der Waals surface area (Å²) in [6.07, 6.45) is 6.30. The van der Waals surface area contributed by atoms with E-state index in [4.69, 9.17) is 0 Å². The number of hydrogen-bond acceptors (Lipinski definition) is 4. The zero-order valence-electron chi connectivity index (χ0n) is 13.1. The fourth-order valence-corrected chi connectivity index (χ4v) is 3.12. The van der Waals surface area contributed by atoms with Crippen molar-refractivity contribution >= 4 is 5.91 Å². The molecule has 0 aliphatic carbocycles. The number of aryl methyl sites for hydroxylation is 2. The highest BCUT2D eigenvalue weighted by atomic mass is 16.2. The Kier molecular flexibility index (Phi) is 4.22. The quantitative estimate of drug-likeness (QED) is 0.850. The summed E-state index contributed by atoms with van der Waals surface area (Å²) in [7, 11) is 0. The number of hydrogen-bond donors (Lipinski definition) is 0. The summed E-state index contributed by atoms with van der Waals surface area (Å²) < 4.78 is 3.60. The minimum absolute atomic E-state index is 0.108. The summed E-state index contributed by atoms with van der Waals surface area (Å²) in [5, 5.41) is 8.54. The molecule has 1 aliphatic rings. The Morgan fingerprint density at radius 1 is 1.36 bits per heavy atom. The molecule has 1 fully saturated rings. The fourth-order valence-electron chi connectivity index (χ4n) is 3.12. The average molecular weight is 302 g/mol. The topological polar surface area (TPSA) is 68.8 Å². The van der Waals surface area contributed by atoms with Crippen LogP contribution in [-0.2, 0) is 17.9 Å². The monoisotopic (exact) mass is 302 g/mol. The normalized spacial score (nSPS) is 18.6. The van der Waals surface area contributed by atoms with Crippen LogP contribution in [0.2, 0.25) is 0 Å². The lowest BCUT2D eigenvalue weighted by Gasteiger charge is -2.36. The first-order chi connectivity index (χ1) is 10.6. The van der Waals surface area contributed by atoms with Gasteiger partial charge in [0.2, 0.25) is 5.91 Å². The van der Waals surface area contributed by atoms with Gasteiger partial charge in [0.05, 0.1) is 18.3 Å². The van der Waals surface area contributed by atoms with Crippen LogP contribution in [0.1, 0.15) is 30.7 Å². The van der Waals surface area contributed by atoms with Gasteiger partial charge in [0.15, 0.2) is 0 Å². The largest absolute Gasteiger partial charge is 0.336 e. The highest BCUT2D eigenvalue weighted by Gasteiger charge is 2.27. The molecule has 3 heterocycles. The van der Waals surface area contributed by atoms with Crippen LogP contribution in [-0.4, -0.2) is 47.9 Å². The zero-order valence-corrected chi connectivity index (χ0v) is 13.1. The molecule has 0 bridgehead atoms. The van der Waals surface area contributed by atoms with E-state index in [-0.39, 0.29) is 18.5 Å². The molecule has 7 nitrogen and oxygen atoms in total. The van der Waals surface area contributed by atoms with Crippen molar-refractivity contribution in [1.82, 2.24) is 29.4 Å². The van der Waals surface area contributed by atoms with Crippen molar-refractivity contribution < 1.29 is 4.79 Å². The van der Waals surface area contributed by atoms with Crippen molar-refractivity contribution in [1.29, 1.82) is 0 Å². The van der Waals surface area contributed by atoms with Crippen LogP contribution in [0.3, 0.4) is 0 Å². The Balaban J connectivity index is 1.70. The first-order valence-electron chi connectivity index (χ1n) is 7.76. The minimum atomic E-state index is 0.108. The van der Waals surface area contributed by atoms with E-state index in [0.29, 0.717) is 0 Å². The third-order valence-corrected chi connectivity index (χ3v) is 4.20. The third-order valence-electron chi connectivity index (χ3n) is 4.20. The molecule has 7 heteroatoms. The molecule has 1 atom stereocenters. The van der Waals surface area contributed by atoms with Gasteiger partial charge < -0.3 is 4.90 Å². The van der Waals surface area contributed by atoms with Crippen molar-refractivity contribution in [3.63, 3.8) is 0 Å². The smallest absolute Gasteiger partial charge is 0.244 e. The maximum atomic E-state index is 12.6. The van der Waals surface area contributed by atoms with Crippen LogP contribution in [0.15, 0.2) is 18.7 Å². The lowest BCUT2D eigenvalue weighted by molar-refractivity contribution is -0.136. The highest BCUT2D eigenvalue weighted by Crippen LogP contribution is 2.20. The van der Waals surface area contributed by atoms with Crippen molar-refractivity contribution in [3.8, 4) is 0 Å². The summed E-state index contributed by atoms with van der Waals surface area (Å²) in [4.78, 5) is 18.4. The van der Waals surface area contributed by atoms with Gasteiger partial charge in [-0.25, -0.2) is 9.67 Å². The van der Waals surface area contributed by atoms with Crippen LogP contribution < -0.4 is 0 Å². The summed E-state index contributed by atoms with van der Waals surface area (Å²) in [5.74, 6) is 0.108. The number of carbonyl (C=O) groups is 1. The zero-order chi connectivity index (χ0) is 15.5. The summed E-state index contributed by atoms with van der Waals surface area (Å²) in [6, 6.07) is 2.28. The third kappa shape index (κ3) is 3.18. The highest BCUT2D eigenvalue weighted by molar-refractivity contribution is 5.76. The Labute approximate surface area is 129 Å². The van der Waals surface area contributed by atoms with Crippen LogP contribution in [0, 0.1) is 13.8 Å². The molecule has 0 aromatic carbocycles. The number of amides is 1. The molecule has 3 rings (SSSR count). The number of nitrogens with zero attached hydrogens (tertiary/aromatic N) is 6. The molecule has 118 valence electrons. The molecule has 1 aliphatic heterocycles. The van der Waals surface area contributed by atoms with Gasteiger partial charge in [-0.2, -0.15) is 10.2 Å². The molecule has 22 heavy (non-hydrogen) atoms. The first kappa shape index (κ1) is 14.7. The van der Waals surface area contributed by atoms with Gasteiger partial charge >= 0.3 is 0 Å². The molecule has 2 aromatic rings. The van der Waals surface area contributed by atoms with Crippen LogP contribution in [0.25, 0.3) is 0 Å². The predicted octanol–water partition coefficient (Wildman–Crippen LogP) is 1.17. The molecule has 2 aromatic heterocycles. The summed E-state index contributed by atoms with van der Waals surface area (Å²) >= 11 is 0. The summed E-state index contributed by atoms with van der Waals surface area (Å²) in [6.45, 7) is 5.90. The number of rotatable bonds is 4.